The van der Waals surface area contributed by atoms with Crippen LogP contribution in [0.15, 0.2) is 42.5 Å². The summed E-state index contributed by atoms with van der Waals surface area (Å²) in [6.07, 6.45) is -5.44. The molecule has 8 heteroatoms. The van der Waals surface area contributed by atoms with Crippen molar-refractivity contribution in [1.82, 2.24) is 5.32 Å². The molecule has 2 N–H and O–H groups in total. The lowest BCUT2D eigenvalue weighted by molar-refractivity contribution is -0.137. The number of benzene rings is 2. The summed E-state index contributed by atoms with van der Waals surface area (Å²) in [7, 11) is 0. The van der Waals surface area contributed by atoms with E-state index in [4.69, 9.17) is 10.00 Å². The SMILES string of the molecule is CC(C)CC(Oc1ccc(C#N)c(C(F)(F)F)c1)C(=O)N[C@H](C)c1ccc(O)cc1. The molecule has 0 radical (unpaired) electrons. The molecule has 0 aliphatic carbocycles. The van der Waals surface area contributed by atoms with Crippen LogP contribution in [0.5, 0.6) is 11.5 Å². The van der Waals surface area contributed by atoms with E-state index < -0.39 is 35.4 Å². The first-order chi connectivity index (χ1) is 14.0. The van der Waals surface area contributed by atoms with Crippen molar-refractivity contribution in [2.24, 2.45) is 5.92 Å². The summed E-state index contributed by atoms with van der Waals surface area (Å²) >= 11 is 0. The number of phenolic OH excluding ortho intramolecular Hbond substituents is 1. The Morgan fingerprint density at radius 1 is 1.17 bits per heavy atom. The maximum Gasteiger partial charge on any atom is 0.417 e. The van der Waals surface area contributed by atoms with Crippen LogP contribution in [0.2, 0.25) is 0 Å². The van der Waals surface area contributed by atoms with Gasteiger partial charge in [-0.15, -0.1) is 0 Å². The van der Waals surface area contributed by atoms with Gasteiger partial charge in [-0.1, -0.05) is 26.0 Å². The molecule has 0 bridgehead atoms. The third-order valence-electron chi connectivity index (χ3n) is 4.42. The highest BCUT2D eigenvalue weighted by Gasteiger charge is 2.34. The molecule has 2 aromatic rings. The molecule has 0 aliphatic rings. The predicted molar refractivity (Wildman–Crippen MR) is 105 cm³/mol. The van der Waals surface area contributed by atoms with Crippen molar-refractivity contribution in [1.29, 1.82) is 5.26 Å². The summed E-state index contributed by atoms with van der Waals surface area (Å²) in [4.78, 5) is 12.8. The molecule has 1 unspecified atom stereocenters. The summed E-state index contributed by atoms with van der Waals surface area (Å²) in [6, 6.07) is 10.4. The van der Waals surface area contributed by atoms with Gasteiger partial charge in [-0.2, -0.15) is 18.4 Å². The molecule has 0 aliphatic heterocycles. The monoisotopic (exact) mass is 420 g/mol. The number of aromatic hydroxyl groups is 1. The number of nitriles is 1. The van der Waals surface area contributed by atoms with Gasteiger partial charge in [-0.05, 0) is 55.2 Å². The topological polar surface area (TPSA) is 82.3 Å². The zero-order valence-electron chi connectivity index (χ0n) is 16.8. The fraction of sp³-hybridized carbons (Fsp3) is 0.364. The summed E-state index contributed by atoms with van der Waals surface area (Å²) < 4.78 is 45.2. The quantitative estimate of drug-likeness (QED) is 0.664. The maximum absolute atomic E-state index is 13.2. The highest BCUT2D eigenvalue weighted by atomic mass is 19.4. The first-order valence-electron chi connectivity index (χ1n) is 9.38. The van der Waals surface area contributed by atoms with Crippen molar-refractivity contribution in [3.8, 4) is 17.6 Å². The second-order valence-electron chi connectivity index (χ2n) is 7.37. The minimum Gasteiger partial charge on any atom is -0.508 e. The van der Waals surface area contributed by atoms with Crippen molar-refractivity contribution in [2.75, 3.05) is 0 Å². The summed E-state index contributed by atoms with van der Waals surface area (Å²) in [5.74, 6) is -0.466. The Bertz CT molecular complexity index is 919. The zero-order chi connectivity index (χ0) is 22.5. The fourth-order valence-electron chi connectivity index (χ4n) is 2.88. The van der Waals surface area contributed by atoms with Crippen LogP contribution in [0.25, 0.3) is 0 Å². The van der Waals surface area contributed by atoms with Crippen LogP contribution in [-0.4, -0.2) is 17.1 Å². The molecule has 0 saturated carbocycles. The molecule has 1 amide bonds. The summed E-state index contributed by atoms with van der Waals surface area (Å²) in [5.41, 5.74) is -0.869. The van der Waals surface area contributed by atoms with E-state index in [9.17, 15) is 23.1 Å². The number of rotatable bonds is 7. The van der Waals surface area contributed by atoms with Crippen LogP contribution in [0, 0.1) is 17.2 Å². The normalized spacial score (nSPS) is 13.4. The lowest BCUT2D eigenvalue weighted by Crippen LogP contribution is -2.40. The van der Waals surface area contributed by atoms with Gasteiger partial charge in [0.15, 0.2) is 6.10 Å². The smallest absolute Gasteiger partial charge is 0.417 e. The van der Waals surface area contributed by atoms with Crippen LogP contribution in [0.3, 0.4) is 0 Å². The highest BCUT2D eigenvalue weighted by Crippen LogP contribution is 2.34. The van der Waals surface area contributed by atoms with E-state index in [1.165, 1.54) is 24.3 Å². The van der Waals surface area contributed by atoms with Crippen LogP contribution < -0.4 is 10.1 Å². The number of halogens is 3. The van der Waals surface area contributed by atoms with E-state index in [0.717, 1.165) is 17.7 Å². The maximum atomic E-state index is 13.2. The molecule has 5 nitrogen and oxygen atoms in total. The van der Waals surface area contributed by atoms with Gasteiger partial charge in [-0.3, -0.25) is 4.79 Å². The number of nitrogens with one attached hydrogen (secondary N) is 1. The largest absolute Gasteiger partial charge is 0.508 e. The molecule has 0 heterocycles. The van der Waals surface area contributed by atoms with Gasteiger partial charge in [0.1, 0.15) is 11.5 Å². The number of alkyl halides is 3. The van der Waals surface area contributed by atoms with E-state index in [0.29, 0.717) is 0 Å². The summed E-state index contributed by atoms with van der Waals surface area (Å²) in [6.45, 7) is 5.49. The Labute approximate surface area is 173 Å². The van der Waals surface area contributed by atoms with Gasteiger partial charge in [-0.25, -0.2) is 0 Å². The van der Waals surface area contributed by atoms with Gasteiger partial charge in [0.05, 0.1) is 23.2 Å². The van der Waals surface area contributed by atoms with Crippen molar-refractivity contribution >= 4 is 5.91 Å². The van der Waals surface area contributed by atoms with E-state index in [2.05, 4.69) is 5.32 Å². The van der Waals surface area contributed by atoms with Crippen LogP contribution in [-0.2, 0) is 11.0 Å². The minimum absolute atomic E-state index is 0.0465. The average Bonchev–Trinajstić information content (AvgIpc) is 2.66. The number of phenols is 1. The van der Waals surface area contributed by atoms with Gasteiger partial charge in [0.25, 0.3) is 5.91 Å². The van der Waals surface area contributed by atoms with Gasteiger partial charge < -0.3 is 15.2 Å². The molecule has 160 valence electrons. The molecule has 2 rings (SSSR count). The Hall–Kier alpha value is -3.21. The standard InChI is InChI=1S/C22H23F3N2O3/c1-13(2)10-20(21(29)27-14(3)15-4-7-17(28)8-5-15)30-18-9-6-16(12-26)19(11-18)22(23,24)25/h4-9,11,13-14,20,28H,10H2,1-3H3,(H,27,29)/t14-,20?/m1/s1. The molecule has 0 saturated heterocycles. The second-order valence-corrected chi connectivity index (χ2v) is 7.37. The van der Waals surface area contributed by atoms with Crippen LogP contribution in [0.4, 0.5) is 13.2 Å². The number of amides is 1. The van der Waals surface area contributed by atoms with Crippen LogP contribution in [0.1, 0.15) is 49.9 Å². The molecule has 0 aromatic heterocycles. The van der Waals surface area contributed by atoms with Gasteiger partial charge >= 0.3 is 6.18 Å². The molecule has 2 aromatic carbocycles. The number of ether oxygens (including phenoxy) is 1. The van der Waals surface area contributed by atoms with Gasteiger partial charge in [0, 0.05) is 0 Å². The van der Waals surface area contributed by atoms with Crippen molar-refractivity contribution < 1.29 is 27.8 Å². The van der Waals surface area contributed by atoms with Crippen LogP contribution >= 0.6 is 0 Å². The highest BCUT2D eigenvalue weighted by molar-refractivity contribution is 5.81. The first kappa shape index (κ1) is 23.1. The zero-order valence-corrected chi connectivity index (χ0v) is 16.8. The Morgan fingerprint density at radius 3 is 2.33 bits per heavy atom. The third kappa shape index (κ3) is 6.14. The number of hydrogen-bond acceptors (Lipinski definition) is 4. The van der Waals surface area contributed by atoms with E-state index in [-0.39, 0.29) is 23.8 Å². The van der Waals surface area contributed by atoms with Crippen molar-refractivity contribution in [3.05, 3.63) is 59.2 Å². The third-order valence-corrected chi connectivity index (χ3v) is 4.42. The Balaban J connectivity index is 2.22. The Kier molecular flexibility index (Phi) is 7.33. The number of nitrogens with zero attached hydrogens (tertiary/aromatic N) is 1. The minimum atomic E-state index is -4.71. The summed E-state index contributed by atoms with van der Waals surface area (Å²) in [5, 5.41) is 21.1. The van der Waals surface area contributed by atoms with Gasteiger partial charge in [0.2, 0.25) is 0 Å². The number of hydrogen-bond donors (Lipinski definition) is 2. The second kappa shape index (κ2) is 9.53. The molecular formula is C22H23F3N2O3. The van der Waals surface area contributed by atoms with Crippen molar-refractivity contribution in [2.45, 2.75) is 45.5 Å². The number of carbonyl (C=O) groups excluding carboxylic acids is 1. The lowest BCUT2D eigenvalue weighted by atomic mass is 10.0. The number of carbonyl (C=O) groups is 1. The molecule has 0 spiro atoms. The Morgan fingerprint density at radius 2 is 1.80 bits per heavy atom. The molecule has 2 atom stereocenters. The average molecular weight is 420 g/mol. The molecular weight excluding hydrogens is 397 g/mol. The fourth-order valence-corrected chi connectivity index (χ4v) is 2.88. The van der Waals surface area contributed by atoms with Crippen molar-refractivity contribution in [3.63, 3.8) is 0 Å². The van der Waals surface area contributed by atoms with E-state index >= 15 is 0 Å². The van der Waals surface area contributed by atoms with E-state index in [1.54, 1.807) is 19.1 Å². The predicted octanol–water partition coefficient (Wildman–Crippen LogP) is 4.95. The first-order valence-corrected chi connectivity index (χ1v) is 9.38. The van der Waals surface area contributed by atoms with E-state index in [1.807, 2.05) is 13.8 Å². The molecule has 0 fully saturated rings. The lowest BCUT2D eigenvalue weighted by Gasteiger charge is -2.23. The molecule has 30 heavy (non-hydrogen) atoms.